The predicted molar refractivity (Wildman–Crippen MR) is 49.0 cm³/mol. The van der Waals surface area contributed by atoms with Gasteiger partial charge in [-0.2, -0.15) is 0 Å². The first-order valence-corrected chi connectivity index (χ1v) is 4.13. The molecular formula is C10H7ClO. The second-order valence-electron chi connectivity index (χ2n) is 2.82. The van der Waals surface area contributed by atoms with E-state index in [1.165, 1.54) is 5.56 Å². The normalized spacial score (nSPS) is 13.9. The third-order valence-electron chi connectivity index (χ3n) is 2.02. The highest BCUT2D eigenvalue weighted by molar-refractivity contribution is 6.68. The van der Waals surface area contributed by atoms with Gasteiger partial charge in [-0.05, 0) is 28.8 Å². The maximum absolute atomic E-state index is 10.8. The fraction of sp³-hybridized carbons (Fsp3) is 0.100. The van der Waals surface area contributed by atoms with Gasteiger partial charge >= 0.3 is 0 Å². The van der Waals surface area contributed by atoms with Crippen LogP contribution in [0.4, 0.5) is 0 Å². The summed E-state index contributed by atoms with van der Waals surface area (Å²) in [6.45, 7) is 0. The zero-order valence-corrected chi connectivity index (χ0v) is 7.14. The Morgan fingerprint density at radius 3 is 2.75 bits per heavy atom. The largest absolute Gasteiger partial charge is 0.276 e. The van der Waals surface area contributed by atoms with Crippen LogP contribution in [0.5, 0.6) is 0 Å². The van der Waals surface area contributed by atoms with Crippen LogP contribution >= 0.6 is 11.6 Å². The van der Waals surface area contributed by atoms with Crippen molar-refractivity contribution < 1.29 is 4.79 Å². The lowest BCUT2D eigenvalue weighted by atomic mass is 10.1. The van der Waals surface area contributed by atoms with Crippen LogP contribution in [0.15, 0.2) is 29.8 Å². The molecule has 0 fully saturated rings. The van der Waals surface area contributed by atoms with Crippen molar-refractivity contribution in [3.63, 3.8) is 0 Å². The summed E-state index contributed by atoms with van der Waals surface area (Å²) in [6, 6.07) is 7.92. The third-order valence-corrected chi connectivity index (χ3v) is 2.26. The number of hydrogen-bond acceptors (Lipinski definition) is 1. The van der Waals surface area contributed by atoms with Gasteiger partial charge in [0.05, 0.1) is 0 Å². The summed E-state index contributed by atoms with van der Waals surface area (Å²) < 4.78 is 0. The molecule has 2 rings (SSSR count). The van der Waals surface area contributed by atoms with Crippen molar-refractivity contribution in [2.24, 2.45) is 0 Å². The topological polar surface area (TPSA) is 17.1 Å². The number of fused-ring (bicyclic) bond motifs is 1. The van der Waals surface area contributed by atoms with Gasteiger partial charge < -0.3 is 0 Å². The summed E-state index contributed by atoms with van der Waals surface area (Å²) in [7, 11) is 0. The summed E-state index contributed by atoms with van der Waals surface area (Å²) in [5.41, 5.74) is 2.99. The van der Waals surface area contributed by atoms with Crippen LogP contribution < -0.4 is 0 Å². The summed E-state index contributed by atoms with van der Waals surface area (Å²) in [5.74, 6) is 0. The number of rotatable bonds is 1. The van der Waals surface area contributed by atoms with E-state index >= 15 is 0 Å². The molecule has 2 heteroatoms. The molecule has 0 amide bonds. The zero-order chi connectivity index (χ0) is 8.55. The van der Waals surface area contributed by atoms with Crippen molar-refractivity contribution in [2.75, 3.05) is 0 Å². The molecule has 0 spiro atoms. The van der Waals surface area contributed by atoms with Gasteiger partial charge in [0.2, 0.25) is 5.24 Å². The van der Waals surface area contributed by atoms with E-state index in [9.17, 15) is 4.79 Å². The molecule has 1 aliphatic carbocycles. The van der Waals surface area contributed by atoms with E-state index in [1.54, 1.807) is 0 Å². The molecule has 0 radical (unpaired) electrons. The molecule has 12 heavy (non-hydrogen) atoms. The molecule has 60 valence electrons. The second kappa shape index (κ2) is 2.76. The Kier molecular flexibility index (Phi) is 1.74. The Bertz CT molecular complexity index is 366. The fourth-order valence-electron chi connectivity index (χ4n) is 1.41. The number of carbonyl (C=O) groups excluding carboxylic acids is 1. The average Bonchev–Trinajstić information content (AvgIpc) is 2.46. The van der Waals surface area contributed by atoms with Gasteiger partial charge in [0.1, 0.15) is 0 Å². The Morgan fingerprint density at radius 1 is 1.33 bits per heavy atom. The SMILES string of the molecule is O=C(Cl)C1=Cc2ccccc2C1. The lowest BCUT2D eigenvalue weighted by molar-refractivity contribution is -0.108. The van der Waals surface area contributed by atoms with E-state index in [0.29, 0.717) is 12.0 Å². The predicted octanol–water partition coefficient (Wildman–Crippen LogP) is 2.39. The van der Waals surface area contributed by atoms with Gasteiger partial charge in [0.15, 0.2) is 0 Å². The number of hydrogen-bond donors (Lipinski definition) is 0. The van der Waals surface area contributed by atoms with Crippen molar-refractivity contribution >= 4 is 22.9 Å². The fourth-order valence-corrected chi connectivity index (χ4v) is 1.53. The second-order valence-corrected chi connectivity index (χ2v) is 3.16. The van der Waals surface area contributed by atoms with Crippen LogP contribution in [0.3, 0.4) is 0 Å². The lowest BCUT2D eigenvalue weighted by Crippen LogP contribution is -1.91. The minimum absolute atomic E-state index is 0.341. The van der Waals surface area contributed by atoms with Crippen molar-refractivity contribution in [3.05, 3.63) is 41.0 Å². The standard InChI is InChI=1S/C10H7ClO/c11-10(12)9-5-7-3-1-2-4-8(7)6-9/h1-5H,6H2. The van der Waals surface area contributed by atoms with E-state index in [4.69, 9.17) is 11.6 Å². The van der Waals surface area contributed by atoms with Crippen molar-refractivity contribution in [3.8, 4) is 0 Å². The molecule has 1 aromatic carbocycles. The molecule has 0 heterocycles. The Hall–Kier alpha value is -1.08. The Balaban J connectivity index is 2.41. The Morgan fingerprint density at radius 2 is 2.08 bits per heavy atom. The molecule has 1 aliphatic rings. The Labute approximate surface area is 75.7 Å². The highest BCUT2D eigenvalue weighted by Crippen LogP contribution is 2.25. The minimum atomic E-state index is -0.341. The lowest BCUT2D eigenvalue weighted by Gasteiger charge is -1.94. The van der Waals surface area contributed by atoms with Crippen molar-refractivity contribution in [1.82, 2.24) is 0 Å². The summed E-state index contributed by atoms with van der Waals surface area (Å²) >= 11 is 5.37. The van der Waals surface area contributed by atoms with Gasteiger partial charge in [0.25, 0.3) is 0 Å². The van der Waals surface area contributed by atoms with Crippen molar-refractivity contribution in [1.29, 1.82) is 0 Å². The molecule has 0 aliphatic heterocycles. The monoisotopic (exact) mass is 178 g/mol. The number of halogens is 1. The maximum atomic E-state index is 10.8. The molecule has 0 saturated carbocycles. The molecule has 0 saturated heterocycles. The van der Waals surface area contributed by atoms with E-state index < -0.39 is 0 Å². The highest BCUT2D eigenvalue weighted by atomic mass is 35.5. The summed E-state index contributed by atoms with van der Waals surface area (Å²) in [4.78, 5) is 10.8. The summed E-state index contributed by atoms with van der Waals surface area (Å²) in [5, 5.41) is -0.341. The molecule has 0 atom stereocenters. The maximum Gasteiger partial charge on any atom is 0.248 e. The van der Waals surface area contributed by atoms with Crippen LogP contribution in [0.25, 0.3) is 6.08 Å². The van der Waals surface area contributed by atoms with Crippen LogP contribution in [0, 0.1) is 0 Å². The van der Waals surface area contributed by atoms with Crippen LogP contribution in [-0.4, -0.2) is 5.24 Å². The van der Waals surface area contributed by atoms with Crippen LogP contribution in [0.1, 0.15) is 11.1 Å². The molecule has 0 aromatic heterocycles. The number of benzene rings is 1. The van der Waals surface area contributed by atoms with Crippen LogP contribution in [-0.2, 0) is 11.2 Å². The first-order chi connectivity index (χ1) is 5.77. The third kappa shape index (κ3) is 1.16. The molecule has 1 aromatic rings. The molecule has 0 N–H and O–H groups in total. The van der Waals surface area contributed by atoms with Gasteiger partial charge in [-0.1, -0.05) is 24.3 Å². The van der Waals surface area contributed by atoms with Gasteiger partial charge in [-0.3, -0.25) is 4.79 Å². The highest BCUT2D eigenvalue weighted by Gasteiger charge is 2.15. The summed E-state index contributed by atoms with van der Waals surface area (Å²) in [6.07, 6.45) is 2.53. The molecule has 0 bridgehead atoms. The van der Waals surface area contributed by atoms with E-state index in [2.05, 4.69) is 0 Å². The molecule has 0 unspecified atom stereocenters. The van der Waals surface area contributed by atoms with Crippen LogP contribution in [0.2, 0.25) is 0 Å². The minimum Gasteiger partial charge on any atom is -0.276 e. The molecular weight excluding hydrogens is 172 g/mol. The van der Waals surface area contributed by atoms with Gasteiger partial charge in [0, 0.05) is 12.0 Å². The zero-order valence-electron chi connectivity index (χ0n) is 6.38. The van der Waals surface area contributed by atoms with Gasteiger partial charge in [-0.25, -0.2) is 0 Å². The number of carbonyl (C=O) groups is 1. The molecule has 1 nitrogen and oxygen atoms in total. The number of allylic oxidation sites excluding steroid dienone is 1. The van der Waals surface area contributed by atoms with E-state index in [-0.39, 0.29) is 5.24 Å². The smallest absolute Gasteiger partial charge is 0.248 e. The first kappa shape index (κ1) is 7.56. The van der Waals surface area contributed by atoms with E-state index in [1.807, 2.05) is 30.3 Å². The van der Waals surface area contributed by atoms with Gasteiger partial charge in [-0.15, -0.1) is 0 Å². The quantitative estimate of drug-likeness (QED) is 0.604. The van der Waals surface area contributed by atoms with Crippen molar-refractivity contribution in [2.45, 2.75) is 6.42 Å². The van der Waals surface area contributed by atoms with E-state index in [0.717, 1.165) is 5.56 Å². The average molecular weight is 179 g/mol. The first-order valence-electron chi connectivity index (χ1n) is 3.75.